The highest BCUT2D eigenvalue weighted by Gasteiger charge is 2.40. The van der Waals surface area contributed by atoms with E-state index in [1.54, 1.807) is 30.3 Å². The second kappa shape index (κ2) is 8.94. The number of nitrogens with zero attached hydrogens (tertiary/aromatic N) is 2. The molecule has 1 saturated heterocycles. The largest absolute Gasteiger partial charge is 0.522 e. The van der Waals surface area contributed by atoms with Crippen LogP contribution in [0.1, 0.15) is 34.3 Å². The highest BCUT2D eigenvalue weighted by Crippen LogP contribution is 2.34. The molecule has 0 saturated carbocycles. The Morgan fingerprint density at radius 2 is 1.89 bits per heavy atom. The van der Waals surface area contributed by atoms with Crippen molar-refractivity contribution >= 4 is 35.1 Å². The predicted octanol–water partition coefficient (Wildman–Crippen LogP) is 2.95. The Hall–Kier alpha value is -3.93. The van der Waals surface area contributed by atoms with Gasteiger partial charge in [0.2, 0.25) is 11.8 Å². The van der Waals surface area contributed by atoms with Crippen LogP contribution in [-0.2, 0) is 27.3 Å². The summed E-state index contributed by atoms with van der Waals surface area (Å²) in [4.78, 5) is 52.3. The molecule has 5 amide bonds. The lowest BCUT2D eigenvalue weighted by Gasteiger charge is -2.29. The van der Waals surface area contributed by atoms with Gasteiger partial charge in [0.25, 0.3) is 5.91 Å². The number of halogens is 3. The average Bonchev–Trinajstić information content (AvgIpc) is 3.34. The zero-order chi connectivity index (χ0) is 25.6. The Kier molecular flexibility index (Phi) is 5.91. The first-order valence-electron chi connectivity index (χ1n) is 11.3. The van der Waals surface area contributed by atoms with Crippen LogP contribution in [0.25, 0.3) is 0 Å². The number of rotatable bonds is 4. The maximum atomic E-state index is 13.2. The molecule has 2 unspecified atom stereocenters. The molecule has 2 aromatic carbocycles. The van der Waals surface area contributed by atoms with Gasteiger partial charge in [0.15, 0.2) is 0 Å². The van der Waals surface area contributed by atoms with E-state index in [1.807, 2.05) is 0 Å². The molecule has 12 heteroatoms. The van der Waals surface area contributed by atoms with Crippen molar-refractivity contribution in [1.29, 1.82) is 0 Å². The Balaban J connectivity index is 1.33. The number of anilines is 2. The number of urea groups is 1. The Morgan fingerprint density at radius 1 is 1.11 bits per heavy atom. The van der Waals surface area contributed by atoms with Crippen LogP contribution < -0.4 is 15.5 Å². The molecule has 0 radical (unpaired) electrons. The van der Waals surface area contributed by atoms with Crippen molar-refractivity contribution in [3.8, 4) is 0 Å². The average molecular weight is 502 g/mol. The van der Waals surface area contributed by atoms with Crippen LogP contribution in [0.2, 0.25) is 0 Å². The highest BCUT2D eigenvalue weighted by atomic mass is 19.4. The van der Waals surface area contributed by atoms with Crippen LogP contribution in [0.15, 0.2) is 42.5 Å². The van der Waals surface area contributed by atoms with Gasteiger partial charge in [-0.25, -0.2) is 4.79 Å². The number of ether oxygens (including phenoxy) is 1. The lowest BCUT2D eigenvalue weighted by molar-refractivity contribution is -0.325. The molecule has 2 N–H and O–H groups in total. The van der Waals surface area contributed by atoms with E-state index in [1.165, 1.54) is 21.9 Å². The topological polar surface area (TPSA) is 108 Å². The number of carbonyl (C=O) groups is 4. The third-order valence-electron chi connectivity index (χ3n) is 6.50. The molecule has 1 fully saturated rings. The third kappa shape index (κ3) is 4.51. The standard InChI is InChI=1S/C24H21F3N4O5/c25-24(26,27)36-12-16-10-13-3-1-2-4-18(13)31(16)23(35)28-15-5-6-17-14(9-15)11-30(22(17)34)19-7-8-20(32)29-21(19)33/h1-6,9,16,19H,7-8,10-12H2,(H,28,35)(H,29,32,33). The zero-order valence-electron chi connectivity index (χ0n) is 18.8. The molecule has 36 heavy (non-hydrogen) atoms. The van der Waals surface area contributed by atoms with Crippen molar-refractivity contribution in [3.05, 3.63) is 59.2 Å². The molecule has 3 heterocycles. The van der Waals surface area contributed by atoms with Gasteiger partial charge >= 0.3 is 12.4 Å². The fraction of sp³-hybridized carbons (Fsp3) is 0.333. The van der Waals surface area contributed by atoms with Gasteiger partial charge in [0.1, 0.15) is 6.04 Å². The van der Waals surface area contributed by atoms with Crippen LogP contribution >= 0.6 is 0 Å². The Bertz CT molecular complexity index is 1260. The summed E-state index contributed by atoms with van der Waals surface area (Å²) < 4.78 is 42.0. The zero-order valence-corrected chi connectivity index (χ0v) is 18.8. The Morgan fingerprint density at radius 3 is 2.64 bits per heavy atom. The lowest BCUT2D eigenvalue weighted by Crippen LogP contribution is -2.52. The Labute approximate surface area is 203 Å². The summed E-state index contributed by atoms with van der Waals surface area (Å²) in [7, 11) is 0. The number of para-hydroxylation sites is 1. The van der Waals surface area contributed by atoms with Crippen molar-refractivity contribution < 1.29 is 37.1 Å². The van der Waals surface area contributed by atoms with Crippen molar-refractivity contribution in [3.63, 3.8) is 0 Å². The molecule has 0 aromatic heterocycles. The molecule has 2 aromatic rings. The van der Waals surface area contributed by atoms with E-state index < -0.39 is 37.0 Å². The molecule has 0 spiro atoms. The third-order valence-corrected chi connectivity index (χ3v) is 6.50. The van der Waals surface area contributed by atoms with Crippen LogP contribution in [0.5, 0.6) is 0 Å². The minimum atomic E-state index is -4.82. The van der Waals surface area contributed by atoms with Gasteiger partial charge in [-0.05, 0) is 48.2 Å². The van der Waals surface area contributed by atoms with Crippen molar-refractivity contribution in [1.82, 2.24) is 10.2 Å². The quantitative estimate of drug-likeness (QED) is 0.626. The second-order valence-electron chi connectivity index (χ2n) is 8.82. The number of piperidine rings is 1. The number of hydrogen-bond donors (Lipinski definition) is 2. The van der Waals surface area contributed by atoms with Gasteiger partial charge in [0.05, 0.1) is 12.6 Å². The van der Waals surface area contributed by atoms with Gasteiger partial charge in [-0.2, -0.15) is 0 Å². The molecular weight excluding hydrogens is 481 g/mol. The summed E-state index contributed by atoms with van der Waals surface area (Å²) >= 11 is 0. The van der Waals surface area contributed by atoms with Crippen molar-refractivity contribution in [2.45, 2.75) is 44.3 Å². The second-order valence-corrected chi connectivity index (χ2v) is 8.82. The van der Waals surface area contributed by atoms with E-state index in [9.17, 15) is 32.3 Å². The van der Waals surface area contributed by atoms with Crippen molar-refractivity contribution in [2.24, 2.45) is 0 Å². The van der Waals surface area contributed by atoms with Crippen LogP contribution in [-0.4, -0.2) is 53.7 Å². The van der Waals surface area contributed by atoms with Crippen molar-refractivity contribution in [2.75, 3.05) is 16.8 Å². The van der Waals surface area contributed by atoms with Crippen LogP contribution in [0.3, 0.4) is 0 Å². The SMILES string of the molecule is O=C1CCC(N2Cc3cc(NC(=O)N4c5ccccc5CC4COC(F)(F)F)ccc3C2=O)C(=O)N1. The van der Waals surface area contributed by atoms with E-state index in [2.05, 4.69) is 15.4 Å². The van der Waals surface area contributed by atoms with E-state index in [0.717, 1.165) is 5.56 Å². The number of alkyl halides is 3. The van der Waals surface area contributed by atoms with Gasteiger partial charge in [-0.15, -0.1) is 13.2 Å². The van der Waals surface area contributed by atoms with E-state index in [-0.39, 0.29) is 37.6 Å². The molecule has 0 aliphatic carbocycles. The highest BCUT2D eigenvalue weighted by molar-refractivity contribution is 6.07. The molecule has 5 rings (SSSR count). The summed E-state index contributed by atoms with van der Waals surface area (Å²) in [5.41, 5.74) is 2.52. The summed E-state index contributed by atoms with van der Waals surface area (Å²) in [6, 6.07) is 9.22. The van der Waals surface area contributed by atoms with Gasteiger partial charge in [-0.3, -0.25) is 29.3 Å². The minimum absolute atomic E-state index is 0.124. The van der Waals surface area contributed by atoms with E-state index >= 15 is 0 Å². The van der Waals surface area contributed by atoms with Crippen LogP contribution in [0.4, 0.5) is 29.3 Å². The van der Waals surface area contributed by atoms with Gasteiger partial charge < -0.3 is 10.2 Å². The van der Waals surface area contributed by atoms with Gasteiger partial charge in [0, 0.05) is 29.9 Å². The fourth-order valence-corrected chi connectivity index (χ4v) is 4.90. The van der Waals surface area contributed by atoms with E-state index in [4.69, 9.17) is 0 Å². The minimum Gasteiger partial charge on any atom is -0.322 e. The maximum absolute atomic E-state index is 13.2. The summed E-state index contributed by atoms with van der Waals surface area (Å²) in [5.74, 6) is -1.26. The number of benzene rings is 2. The molecule has 2 atom stereocenters. The number of fused-ring (bicyclic) bond motifs is 2. The number of amides is 5. The predicted molar refractivity (Wildman–Crippen MR) is 120 cm³/mol. The van der Waals surface area contributed by atoms with Crippen LogP contribution in [0, 0.1) is 0 Å². The monoisotopic (exact) mass is 502 g/mol. The first-order valence-corrected chi connectivity index (χ1v) is 11.3. The molecule has 3 aliphatic heterocycles. The normalized spacial score (nSPS) is 21.4. The number of hydrogen-bond acceptors (Lipinski definition) is 5. The molecular formula is C24H21F3N4O5. The smallest absolute Gasteiger partial charge is 0.322 e. The lowest BCUT2D eigenvalue weighted by atomic mass is 10.0. The summed E-state index contributed by atoms with van der Waals surface area (Å²) in [5, 5.41) is 4.94. The first kappa shape index (κ1) is 23.8. The maximum Gasteiger partial charge on any atom is 0.522 e. The molecule has 0 bridgehead atoms. The number of carbonyl (C=O) groups excluding carboxylic acids is 4. The molecule has 188 valence electrons. The summed E-state index contributed by atoms with van der Waals surface area (Å²) in [6.07, 6.45) is -4.25. The van der Waals surface area contributed by atoms with Gasteiger partial charge in [-0.1, -0.05) is 18.2 Å². The molecule has 9 nitrogen and oxygen atoms in total. The van der Waals surface area contributed by atoms with E-state index in [0.29, 0.717) is 22.5 Å². The summed E-state index contributed by atoms with van der Waals surface area (Å²) in [6.45, 7) is -0.593. The fourth-order valence-electron chi connectivity index (χ4n) is 4.90. The number of nitrogens with one attached hydrogen (secondary N) is 2. The first-order chi connectivity index (χ1) is 17.1. The molecule has 3 aliphatic rings. The number of imide groups is 1.